The number of rotatable bonds is 2. The molecule has 2 heterocycles. The Morgan fingerprint density at radius 1 is 1.09 bits per heavy atom. The molecule has 1 fully saturated rings. The molecule has 1 aliphatic heterocycles. The van der Waals surface area contributed by atoms with Gasteiger partial charge in [-0.05, 0) is 44.2 Å². The normalized spacial score (nSPS) is 18.5. The van der Waals surface area contributed by atoms with Gasteiger partial charge in [-0.1, -0.05) is 18.2 Å². The van der Waals surface area contributed by atoms with Crippen LogP contribution in [0.5, 0.6) is 0 Å². The van der Waals surface area contributed by atoms with Crippen molar-refractivity contribution in [2.75, 3.05) is 24.5 Å². The van der Waals surface area contributed by atoms with Gasteiger partial charge in [-0.25, -0.2) is 4.68 Å². The summed E-state index contributed by atoms with van der Waals surface area (Å²) in [5.74, 6) is 0. The Balaban J connectivity index is 1.81. The molecule has 0 radical (unpaired) electrons. The van der Waals surface area contributed by atoms with Crippen molar-refractivity contribution in [3.8, 4) is 5.69 Å². The Kier molecular flexibility index (Phi) is 3.54. The zero-order valence-electron chi connectivity index (χ0n) is 13.7. The molecule has 0 spiro atoms. The van der Waals surface area contributed by atoms with E-state index in [1.807, 2.05) is 6.07 Å². The maximum Gasteiger partial charge on any atom is 0.0764 e. The van der Waals surface area contributed by atoms with Crippen molar-refractivity contribution in [2.45, 2.75) is 19.9 Å². The van der Waals surface area contributed by atoms with Gasteiger partial charge in [0.25, 0.3) is 0 Å². The number of piperazine rings is 1. The molecule has 0 saturated carbocycles. The summed E-state index contributed by atoms with van der Waals surface area (Å²) < 4.78 is 2.06. The summed E-state index contributed by atoms with van der Waals surface area (Å²) in [5.41, 5.74) is 4.64. The molecule has 0 bridgehead atoms. The molecule has 0 aliphatic carbocycles. The molecule has 2 aromatic carbocycles. The monoisotopic (exact) mass is 306 g/mol. The molecule has 4 nitrogen and oxygen atoms in total. The van der Waals surface area contributed by atoms with Crippen LogP contribution in [0.2, 0.25) is 0 Å². The van der Waals surface area contributed by atoms with Crippen molar-refractivity contribution in [1.29, 1.82) is 0 Å². The zero-order chi connectivity index (χ0) is 15.8. The van der Waals surface area contributed by atoms with Crippen LogP contribution in [-0.2, 0) is 0 Å². The molecule has 23 heavy (non-hydrogen) atoms. The second-order valence-electron chi connectivity index (χ2n) is 6.34. The number of benzene rings is 2. The second-order valence-corrected chi connectivity index (χ2v) is 6.34. The topological polar surface area (TPSA) is 33.1 Å². The van der Waals surface area contributed by atoms with E-state index in [0.29, 0.717) is 6.04 Å². The lowest BCUT2D eigenvalue weighted by Gasteiger charge is -2.33. The Morgan fingerprint density at radius 3 is 2.70 bits per heavy atom. The standard InChI is InChI=1S/C19H22N4/c1-14-13-22(11-10-20-14)17-8-9-18-15(2)21-23(19(18)12-17)16-6-4-3-5-7-16/h3-9,12,14,20H,10-11,13H2,1-2H3. The van der Waals surface area contributed by atoms with Crippen LogP contribution in [0.3, 0.4) is 0 Å². The van der Waals surface area contributed by atoms with Crippen LogP contribution < -0.4 is 10.2 Å². The van der Waals surface area contributed by atoms with E-state index in [4.69, 9.17) is 5.10 Å². The van der Waals surface area contributed by atoms with Gasteiger partial charge >= 0.3 is 0 Å². The first-order valence-corrected chi connectivity index (χ1v) is 8.25. The summed E-state index contributed by atoms with van der Waals surface area (Å²) in [6.45, 7) is 7.45. The number of fused-ring (bicyclic) bond motifs is 1. The van der Waals surface area contributed by atoms with E-state index >= 15 is 0 Å². The first kappa shape index (κ1) is 14.3. The van der Waals surface area contributed by atoms with Gasteiger partial charge in [0.1, 0.15) is 0 Å². The summed E-state index contributed by atoms with van der Waals surface area (Å²) >= 11 is 0. The second kappa shape index (κ2) is 5.70. The van der Waals surface area contributed by atoms with Gasteiger partial charge in [-0.15, -0.1) is 0 Å². The van der Waals surface area contributed by atoms with Gasteiger partial charge in [-0.2, -0.15) is 5.10 Å². The third kappa shape index (κ3) is 2.59. The summed E-state index contributed by atoms with van der Waals surface area (Å²) in [4.78, 5) is 2.46. The molecule has 118 valence electrons. The summed E-state index contributed by atoms with van der Waals surface area (Å²) in [7, 11) is 0. The van der Waals surface area contributed by atoms with Gasteiger partial charge in [0.2, 0.25) is 0 Å². The minimum atomic E-state index is 0.528. The van der Waals surface area contributed by atoms with Crippen LogP contribution in [-0.4, -0.2) is 35.5 Å². The highest BCUT2D eigenvalue weighted by Crippen LogP contribution is 2.27. The average Bonchev–Trinajstić information content (AvgIpc) is 2.92. The third-order valence-corrected chi connectivity index (χ3v) is 4.58. The quantitative estimate of drug-likeness (QED) is 0.789. The SMILES string of the molecule is Cc1nn(-c2ccccc2)c2cc(N3CCNC(C)C3)ccc12. The molecule has 1 N–H and O–H groups in total. The molecule has 4 heteroatoms. The van der Waals surface area contributed by atoms with Crippen LogP contribution in [0.4, 0.5) is 5.69 Å². The van der Waals surface area contributed by atoms with Gasteiger partial charge in [0.05, 0.1) is 16.9 Å². The Morgan fingerprint density at radius 2 is 1.91 bits per heavy atom. The number of anilines is 1. The summed E-state index contributed by atoms with van der Waals surface area (Å²) in [5, 5.41) is 9.47. The Hall–Kier alpha value is -2.33. The lowest BCUT2D eigenvalue weighted by Crippen LogP contribution is -2.49. The predicted octanol–water partition coefficient (Wildman–Crippen LogP) is 3.13. The average molecular weight is 306 g/mol. The van der Waals surface area contributed by atoms with E-state index in [1.54, 1.807) is 0 Å². The van der Waals surface area contributed by atoms with Crippen molar-refractivity contribution in [1.82, 2.24) is 15.1 Å². The molecule has 1 saturated heterocycles. The van der Waals surface area contributed by atoms with E-state index in [1.165, 1.54) is 16.6 Å². The predicted molar refractivity (Wildman–Crippen MR) is 95.5 cm³/mol. The highest BCUT2D eigenvalue weighted by Gasteiger charge is 2.17. The van der Waals surface area contributed by atoms with Crippen LogP contribution >= 0.6 is 0 Å². The van der Waals surface area contributed by atoms with Gasteiger partial charge in [-0.3, -0.25) is 0 Å². The summed E-state index contributed by atoms with van der Waals surface area (Å²) in [6.07, 6.45) is 0. The largest absolute Gasteiger partial charge is 0.369 e. The Bertz CT molecular complexity index is 822. The molecule has 0 amide bonds. The van der Waals surface area contributed by atoms with Crippen LogP contribution in [0.25, 0.3) is 16.6 Å². The van der Waals surface area contributed by atoms with Crippen LogP contribution in [0.15, 0.2) is 48.5 Å². The first-order chi connectivity index (χ1) is 11.2. The highest BCUT2D eigenvalue weighted by atomic mass is 15.3. The van der Waals surface area contributed by atoms with Crippen LogP contribution in [0.1, 0.15) is 12.6 Å². The number of aromatic nitrogens is 2. The van der Waals surface area contributed by atoms with E-state index in [-0.39, 0.29) is 0 Å². The lowest BCUT2D eigenvalue weighted by atomic mass is 10.1. The van der Waals surface area contributed by atoms with E-state index in [0.717, 1.165) is 31.0 Å². The molecule has 4 rings (SSSR count). The minimum absolute atomic E-state index is 0.528. The van der Waals surface area contributed by atoms with Gasteiger partial charge in [0, 0.05) is 36.7 Å². The van der Waals surface area contributed by atoms with E-state index in [9.17, 15) is 0 Å². The van der Waals surface area contributed by atoms with Crippen molar-refractivity contribution in [3.63, 3.8) is 0 Å². The number of aryl methyl sites for hydroxylation is 1. The highest BCUT2D eigenvalue weighted by molar-refractivity contribution is 5.86. The molecule has 1 aliphatic rings. The molecular formula is C19H22N4. The smallest absolute Gasteiger partial charge is 0.0764 e. The fraction of sp³-hybridized carbons (Fsp3) is 0.316. The third-order valence-electron chi connectivity index (χ3n) is 4.58. The van der Waals surface area contributed by atoms with Crippen molar-refractivity contribution in [2.24, 2.45) is 0 Å². The fourth-order valence-electron chi connectivity index (χ4n) is 3.39. The number of hydrogen-bond acceptors (Lipinski definition) is 3. The maximum absolute atomic E-state index is 4.75. The lowest BCUT2D eigenvalue weighted by molar-refractivity contribution is 0.485. The minimum Gasteiger partial charge on any atom is -0.369 e. The number of nitrogens with zero attached hydrogens (tertiary/aromatic N) is 3. The van der Waals surface area contributed by atoms with Crippen molar-refractivity contribution >= 4 is 16.6 Å². The number of hydrogen-bond donors (Lipinski definition) is 1. The zero-order valence-corrected chi connectivity index (χ0v) is 13.7. The number of para-hydroxylation sites is 1. The van der Waals surface area contributed by atoms with Gasteiger partial charge < -0.3 is 10.2 Å². The summed E-state index contributed by atoms with van der Waals surface area (Å²) in [6, 6.07) is 17.6. The first-order valence-electron chi connectivity index (χ1n) is 8.25. The van der Waals surface area contributed by atoms with E-state index < -0.39 is 0 Å². The molecular weight excluding hydrogens is 284 g/mol. The van der Waals surface area contributed by atoms with E-state index in [2.05, 4.69) is 71.2 Å². The number of nitrogens with one attached hydrogen (secondary N) is 1. The van der Waals surface area contributed by atoms with Gasteiger partial charge in [0.15, 0.2) is 0 Å². The van der Waals surface area contributed by atoms with Crippen molar-refractivity contribution in [3.05, 3.63) is 54.2 Å². The maximum atomic E-state index is 4.75. The molecule has 1 atom stereocenters. The van der Waals surface area contributed by atoms with Crippen LogP contribution in [0, 0.1) is 6.92 Å². The molecule has 3 aromatic rings. The van der Waals surface area contributed by atoms with Crippen molar-refractivity contribution < 1.29 is 0 Å². The molecule has 1 aromatic heterocycles. The molecule has 1 unspecified atom stereocenters. The fourth-order valence-corrected chi connectivity index (χ4v) is 3.39. The Labute approximate surface area is 136 Å².